The third-order valence-electron chi connectivity index (χ3n) is 3.08. The number of hydrogen-bond acceptors (Lipinski definition) is 3. The molecule has 0 radical (unpaired) electrons. The van der Waals surface area contributed by atoms with Crippen LogP contribution in [0.3, 0.4) is 0 Å². The minimum absolute atomic E-state index is 0.0560. The number of nitrogens with one attached hydrogen (secondary N) is 1. The number of aryl methyl sites for hydroxylation is 2. The number of hydrogen-bond donors (Lipinski definition) is 1. The van der Waals surface area contributed by atoms with Gasteiger partial charge in [0.2, 0.25) is 5.03 Å². The van der Waals surface area contributed by atoms with Crippen molar-refractivity contribution in [2.24, 2.45) is 7.05 Å². The van der Waals surface area contributed by atoms with E-state index < -0.39 is 10.0 Å². The van der Waals surface area contributed by atoms with Gasteiger partial charge in [0.05, 0.1) is 6.33 Å². The van der Waals surface area contributed by atoms with Gasteiger partial charge in [0.1, 0.15) is 11.0 Å². The number of sulfonamides is 1. The predicted octanol–water partition coefficient (Wildman–Crippen LogP) is 2.04. The first-order valence-electron chi connectivity index (χ1n) is 6.23. The summed E-state index contributed by atoms with van der Waals surface area (Å²) in [6, 6.07) is 4.42. The zero-order chi connectivity index (χ0) is 15.6. The van der Waals surface area contributed by atoms with Gasteiger partial charge in [-0.1, -0.05) is 17.7 Å². The molecule has 0 saturated heterocycles. The van der Waals surface area contributed by atoms with Gasteiger partial charge in [-0.2, -0.15) is 0 Å². The summed E-state index contributed by atoms with van der Waals surface area (Å²) in [5.41, 5.74) is 1.66. The molecule has 0 spiro atoms. The minimum Gasteiger partial charge on any atom is -0.324 e. The highest BCUT2D eigenvalue weighted by Gasteiger charge is 2.21. The van der Waals surface area contributed by atoms with E-state index in [4.69, 9.17) is 11.6 Å². The molecule has 1 heterocycles. The Morgan fingerprint density at radius 2 is 2.14 bits per heavy atom. The lowest BCUT2D eigenvalue weighted by molar-refractivity contribution is 0.578. The molecule has 0 amide bonds. The zero-order valence-corrected chi connectivity index (χ0v) is 13.2. The van der Waals surface area contributed by atoms with Crippen LogP contribution in [-0.4, -0.2) is 24.5 Å². The minimum atomic E-state index is -3.75. The van der Waals surface area contributed by atoms with Crippen molar-refractivity contribution in [1.29, 1.82) is 0 Å². The van der Waals surface area contributed by atoms with Crippen LogP contribution in [0.2, 0.25) is 5.15 Å². The Kier molecular flexibility index (Phi) is 4.65. The molecule has 5 nitrogen and oxygen atoms in total. The van der Waals surface area contributed by atoms with E-state index in [2.05, 4.69) is 9.71 Å². The Bertz CT molecular complexity index is 759. The van der Waals surface area contributed by atoms with Gasteiger partial charge in [0.15, 0.2) is 0 Å². The maximum atomic E-state index is 13.0. The summed E-state index contributed by atoms with van der Waals surface area (Å²) in [7, 11) is -2.14. The van der Waals surface area contributed by atoms with Crippen molar-refractivity contribution in [1.82, 2.24) is 14.3 Å². The van der Waals surface area contributed by atoms with Crippen LogP contribution in [0.5, 0.6) is 0 Å². The standard InChI is InChI=1S/C13H15ClFN3O2S/c1-9-7-11(15)4-3-10(9)5-6-17-21(19,20)13-12(14)18(2)8-16-13/h3-4,7-8,17H,5-6H2,1-2H3. The van der Waals surface area contributed by atoms with Crippen LogP contribution in [0.25, 0.3) is 0 Å². The monoisotopic (exact) mass is 331 g/mol. The summed E-state index contributed by atoms with van der Waals surface area (Å²) >= 11 is 5.87. The van der Waals surface area contributed by atoms with Crippen LogP contribution in [-0.2, 0) is 23.5 Å². The molecule has 1 aromatic carbocycles. The largest absolute Gasteiger partial charge is 0.324 e. The molecule has 0 aliphatic heterocycles. The first kappa shape index (κ1) is 15.9. The lowest BCUT2D eigenvalue weighted by Crippen LogP contribution is -2.26. The second kappa shape index (κ2) is 6.13. The lowest BCUT2D eigenvalue weighted by Gasteiger charge is -2.07. The van der Waals surface area contributed by atoms with Crippen LogP contribution in [0.1, 0.15) is 11.1 Å². The van der Waals surface area contributed by atoms with Crippen LogP contribution >= 0.6 is 11.6 Å². The number of benzene rings is 1. The van der Waals surface area contributed by atoms with E-state index in [-0.39, 0.29) is 22.5 Å². The number of rotatable bonds is 5. The maximum absolute atomic E-state index is 13.0. The van der Waals surface area contributed by atoms with E-state index in [1.807, 2.05) is 0 Å². The van der Waals surface area contributed by atoms with Gasteiger partial charge in [-0.25, -0.2) is 22.5 Å². The first-order valence-corrected chi connectivity index (χ1v) is 8.09. The molecule has 0 aliphatic rings. The van der Waals surface area contributed by atoms with Gasteiger partial charge in [0.25, 0.3) is 10.0 Å². The Morgan fingerprint density at radius 3 is 2.71 bits per heavy atom. The van der Waals surface area contributed by atoms with Crippen molar-refractivity contribution in [2.45, 2.75) is 18.4 Å². The fourth-order valence-corrected chi connectivity index (χ4v) is 3.36. The summed E-state index contributed by atoms with van der Waals surface area (Å²) in [6.45, 7) is 1.96. The summed E-state index contributed by atoms with van der Waals surface area (Å²) in [6.07, 6.45) is 1.79. The van der Waals surface area contributed by atoms with Gasteiger partial charge in [0, 0.05) is 13.6 Å². The van der Waals surface area contributed by atoms with Gasteiger partial charge >= 0.3 is 0 Å². The van der Waals surface area contributed by atoms with Crippen LogP contribution in [0, 0.1) is 12.7 Å². The van der Waals surface area contributed by atoms with Crippen LogP contribution < -0.4 is 4.72 Å². The maximum Gasteiger partial charge on any atom is 0.261 e. The highest BCUT2D eigenvalue weighted by Crippen LogP contribution is 2.18. The summed E-state index contributed by atoms with van der Waals surface area (Å²) in [5, 5.41) is -0.136. The van der Waals surface area contributed by atoms with E-state index in [1.165, 1.54) is 23.0 Å². The molecule has 2 aromatic rings. The van der Waals surface area contributed by atoms with E-state index in [9.17, 15) is 12.8 Å². The molecule has 114 valence electrons. The molecule has 21 heavy (non-hydrogen) atoms. The normalized spacial score (nSPS) is 11.8. The average molecular weight is 332 g/mol. The van der Waals surface area contributed by atoms with Crippen molar-refractivity contribution >= 4 is 21.6 Å². The fraction of sp³-hybridized carbons (Fsp3) is 0.308. The Morgan fingerprint density at radius 1 is 1.43 bits per heavy atom. The topological polar surface area (TPSA) is 64.0 Å². The molecule has 0 atom stereocenters. The average Bonchev–Trinajstić information content (AvgIpc) is 2.73. The molecule has 0 fully saturated rings. The molecule has 0 unspecified atom stereocenters. The predicted molar refractivity (Wildman–Crippen MR) is 78.2 cm³/mol. The number of imidazole rings is 1. The lowest BCUT2D eigenvalue weighted by atomic mass is 10.1. The molecule has 2 rings (SSSR count). The Labute approximate surface area is 127 Å². The van der Waals surface area contributed by atoms with E-state index in [0.717, 1.165) is 11.1 Å². The Balaban J connectivity index is 2.04. The molecular weight excluding hydrogens is 317 g/mol. The molecule has 0 saturated carbocycles. The quantitative estimate of drug-likeness (QED) is 0.912. The van der Waals surface area contributed by atoms with E-state index in [1.54, 1.807) is 20.0 Å². The van der Waals surface area contributed by atoms with Gasteiger partial charge in [-0.15, -0.1) is 0 Å². The fourth-order valence-electron chi connectivity index (χ4n) is 1.90. The highest BCUT2D eigenvalue weighted by molar-refractivity contribution is 7.89. The molecule has 0 aliphatic carbocycles. The zero-order valence-electron chi connectivity index (χ0n) is 11.6. The third kappa shape index (κ3) is 3.61. The van der Waals surface area contributed by atoms with E-state index >= 15 is 0 Å². The molecular formula is C13H15ClFN3O2S. The molecule has 0 bridgehead atoms. The second-order valence-corrected chi connectivity index (χ2v) is 6.71. The van der Waals surface area contributed by atoms with Crippen molar-refractivity contribution in [3.63, 3.8) is 0 Å². The van der Waals surface area contributed by atoms with Crippen LogP contribution in [0.4, 0.5) is 4.39 Å². The summed E-state index contributed by atoms with van der Waals surface area (Å²) in [5.74, 6) is -0.308. The molecule has 1 aromatic heterocycles. The van der Waals surface area contributed by atoms with Gasteiger partial charge < -0.3 is 4.57 Å². The number of aromatic nitrogens is 2. The summed E-state index contributed by atoms with van der Waals surface area (Å²) in [4.78, 5) is 3.77. The first-order chi connectivity index (χ1) is 9.81. The Hall–Kier alpha value is -1.44. The second-order valence-electron chi connectivity index (χ2n) is 4.67. The molecule has 8 heteroatoms. The molecule has 1 N–H and O–H groups in total. The van der Waals surface area contributed by atoms with Crippen molar-refractivity contribution in [3.8, 4) is 0 Å². The SMILES string of the molecule is Cc1cc(F)ccc1CCNS(=O)(=O)c1ncn(C)c1Cl. The van der Waals surface area contributed by atoms with Crippen molar-refractivity contribution < 1.29 is 12.8 Å². The summed E-state index contributed by atoms with van der Waals surface area (Å²) < 4.78 is 41.0. The van der Waals surface area contributed by atoms with Gasteiger partial charge in [-0.05, 0) is 36.6 Å². The number of nitrogens with zero attached hydrogens (tertiary/aromatic N) is 2. The smallest absolute Gasteiger partial charge is 0.261 e. The van der Waals surface area contributed by atoms with Crippen molar-refractivity contribution in [2.75, 3.05) is 6.54 Å². The van der Waals surface area contributed by atoms with Crippen molar-refractivity contribution in [3.05, 3.63) is 46.6 Å². The highest BCUT2D eigenvalue weighted by atomic mass is 35.5. The van der Waals surface area contributed by atoms with E-state index in [0.29, 0.717) is 6.42 Å². The van der Waals surface area contributed by atoms with Crippen LogP contribution in [0.15, 0.2) is 29.6 Å². The van der Waals surface area contributed by atoms with Gasteiger partial charge in [-0.3, -0.25) is 0 Å². The third-order valence-corrected chi connectivity index (χ3v) is 5.03. The number of halogens is 2.